The van der Waals surface area contributed by atoms with Crippen LogP contribution in [0.15, 0.2) is 30.3 Å². The Labute approximate surface area is 73.8 Å². The fourth-order valence-electron chi connectivity index (χ4n) is 1.95. The molecule has 2 rings (SSSR count). The highest BCUT2D eigenvalue weighted by Crippen LogP contribution is 2.16. The van der Waals surface area contributed by atoms with E-state index < -0.39 is 0 Å². The summed E-state index contributed by atoms with van der Waals surface area (Å²) in [5, 5.41) is 2.47. The van der Waals surface area contributed by atoms with E-state index in [0.717, 1.165) is 6.04 Å². The lowest BCUT2D eigenvalue weighted by Crippen LogP contribution is -2.86. The zero-order chi connectivity index (χ0) is 8.23. The van der Waals surface area contributed by atoms with Crippen molar-refractivity contribution < 1.29 is 5.32 Å². The Balaban J connectivity index is 2.08. The summed E-state index contributed by atoms with van der Waals surface area (Å²) in [5.74, 6) is 0. The summed E-state index contributed by atoms with van der Waals surface area (Å²) in [6, 6.07) is 11.6. The van der Waals surface area contributed by atoms with Gasteiger partial charge in [0.25, 0.3) is 0 Å². The second-order valence-corrected chi connectivity index (χ2v) is 3.54. The average Bonchev–Trinajstić information content (AvgIpc) is 2.21. The molecule has 2 N–H and O–H groups in total. The van der Waals surface area contributed by atoms with Crippen LogP contribution in [0.3, 0.4) is 0 Å². The molecule has 0 aliphatic carbocycles. The first-order valence-electron chi connectivity index (χ1n) is 4.85. The maximum Gasteiger partial charge on any atom is 0.112 e. The molecule has 64 valence electrons. The minimum atomic E-state index is 0.736. The number of rotatable bonds is 1. The lowest BCUT2D eigenvalue weighted by Gasteiger charge is -2.20. The van der Waals surface area contributed by atoms with E-state index in [1.165, 1.54) is 31.4 Å². The topological polar surface area (TPSA) is 16.6 Å². The van der Waals surface area contributed by atoms with Crippen LogP contribution in [0.25, 0.3) is 0 Å². The van der Waals surface area contributed by atoms with Crippen molar-refractivity contribution in [2.24, 2.45) is 0 Å². The summed E-state index contributed by atoms with van der Waals surface area (Å²) in [6.45, 7) is 1.31. The molecule has 1 atom stereocenters. The minimum absolute atomic E-state index is 0.736. The molecule has 0 radical (unpaired) electrons. The van der Waals surface area contributed by atoms with Gasteiger partial charge in [0.2, 0.25) is 0 Å². The fraction of sp³-hybridized carbons (Fsp3) is 0.455. The highest BCUT2D eigenvalue weighted by atomic mass is 14.9. The average molecular weight is 162 g/mol. The summed E-state index contributed by atoms with van der Waals surface area (Å²) in [7, 11) is 0. The van der Waals surface area contributed by atoms with Gasteiger partial charge in [-0.05, 0) is 12.8 Å². The molecule has 1 nitrogen and oxygen atoms in total. The van der Waals surface area contributed by atoms with Crippen LogP contribution in [0.1, 0.15) is 30.9 Å². The Morgan fingerprint density at radius 1 is 1.08 bits per heavy atom. The van der Waals surface area contributed by atoms with Gasteiger partial charge in [-0.2, -0.15) is 0 Å². The summed E-state index contributed by atoms with van der Waals surface area (Å²) < 4.78 is 0. The number of hydrogen-bond acceptors (Lipinski definition) is 0. The molecule has 0 unspecified atom stereocenters. The summed E-state index contributed by atoms with van der Waals surface area (Å²) in [4.78, 5) is 0. The predicted molar refractivity (Wildman–Crippen MR) is 49.8 cm³/mol. The zero-order valence-corrected chi connectivity index (χ0v) is 7.37. The first-order chi connectivity index (χ1) is 5.97. The van der Waals surface area contributed by atoms with Crippen LogP contribution >= 0.6 is 0 Å². The van der Waals surface area contributed by atoms with Crippen molar-refractivity contribution in [3.8, 4) is 0 Å². The maximum absolute atomic E-state index is 2.47. The highest BCUT2D eigenvalue weighted by molar-refractivity contribution is 5.16. The molecular formula is C11H16N+. The first-order valence-corrected chi connectivity index (χ1v) is 4.85. The second kappa shape index (κ2) is 3.72. The van der Waals surface area contributed by atoms with Crippen LogP contribution in [0.2, 0.25) is 0 Å². The molecule has 1 aliphatic rings. The van der Waals surface area contributed by atoms with Gasteiger partial charge in [0.1, 0.15) is 6.04 Å². The van der Waals surface area contributed by atoms with Crippen LogP contribution in [0, 0.1) is 0 Å². The number of quaternary nitrogens is 1. The molecule has 0 spiro atoms. The third-order valence-corrected chi connectivity index (χ3v) is 2.65. The third kappa shape index (κ3) is 1.67. The molecule has 0 amide bonds. The molecule has 12 heavy (non-hydrogen) atoms. The van der Waals surface area contributed by atoms with Crippen LogP contribution in [-0.2, 0) is 0 Å². The van der Waals surface area contributed by atoms with Gasteiger partial charge in [-0.15, -0.1) is 0 Å². The van der Waals surface area contributed by atoms with Crippen LogP contribution < -0.4 is 5.32 Å². The van der Waals surface area contributed by atoms with Crippen molar-refractivity contribution in [1.82, 2.24) is 0 Å². The molecule has 1 heteroatoms. The molecule has 0 aromatic heterocycles. The number of benzene rings is 1. The Hall–Kier alpha value is -0.820. The number of piperidine rings is 1. The van der Waals surface area contributed by atoms with Gasteiger partial charge < -0.3 is 5.32 Å². The molecule has 1 aliphatic heterocycles. The molecule has 1 aromatic carbocycles. The quantitative estimate of drug-likeness (QED) is 0.644. The van der Waals surface area contributed by atoms with E-state index in [9.17, 15) is 0 Å². The minimum Gasteiger partial charge on any atom is -0.340 e. The van der Waals surface area contributed by atoms with E-state index >= 15 is 0 Å². The Morgan fingerprint density at radius 3 is 2.58 bits per heavy atom. The van der Waals surface area contributed by atoms with Crippen LogP contribution in [-0.4, -0.2) is 6.54 Å². The van der Waals surface area contributed by atoms with Gasteiger partial charge in [-0.25, -0.2) is 0 Å². The van der Waals surface area contributed by atoms with Crippen molar-refractivity contribution >= 4 is 0 Å². The zero-order valence-electron chi connectivity index (χ0n) is 7.37. The van der Waals surface area contributed by atoms with Gasteiger partial charge in [0.15, 0.2) is 0 Å². The van der Waals surface area contributed by atoms with Crippen molar-refractivity contribution in [2.45, 2.75) is 25.3 Å². The van der Waals surface area contributed by atoms with E-state index in [4.69, 9.17) is 0 Å². The summed E-state index contributed by atoms with van der Waals surface area (Å²) in [5.41, 5.74) is 1.50. The largest absolute Gasteiger partial charge is 0.340 e. The lowest BCUT2D eigenvalue weighted by molar-refractivity contribution is -0.704. The van der Waals surface area contributed by atoms with Gasteiger partial charge in [-0.3, -0.25) is 0 Å². The molecule has 0 bridgehead atoms. The van der Waals surface area contributed by atoms with Gasteiger partial charge in [0.05, 0.1) is 6.54 Å². The molecular weight excluding hydrogens is 146 g/mol. The van der Waals surface area contributed by atoms with Crippen molar-refractivity contribution in [2.75, 3.05) is 6.54 Å². The molecule has 0 saturated carbocycles. The maximum atomic E-state index is 2.47. The van der Waals surface area contributed by atoms with Crippen LogP contribution in [0.5, 0.6) is 0 Å². The Kier molecular flexibility index (Phi) is 2.42. The summed E-state index contributed by atoms with van der Waals surface area (Å²) in [6.07, 6.45) is 4.14. The third-order valence-electron chi connectivity index (χ3n) is 2.65. The fourth-order valence-corrected chi connectivity index (χ4v) is 1.95. The smallest absolute Gasteiger partial charge is 0.112 e. The van der Waals surface area contributed by atoms with E-state index in [1.807, 2.05) is 0 Å². The standard InChI is InChI=1S/C11H15N/c1-2-6-10(7-3-1)11-8-4-5-9-12-11/h1-3,6-7,11-12H,4-5,8-9H2/p+1/t11-/m0/s1. The van der Waals surface area contributed by atoms with Crippen molar-refractivity contribution in [1.29, 1.82) is 0 Å². The van der Waals surface area contributed by atoms with E-state index in [-0.39, 0.29) is 0 Å². The molecule has 1 fully saturated rings. The van der Waals surface area contributed by atoms with Crippen molar-refractivity contribution in [3.05, 3.63) is 35.9 Å². The number of hydrogen-bond donors (Lipinski definition) is 1. The van der Waals surface area contributed by atoms with Crippen LogP contribution in [0.4, 0.5) is 0 Å². The second-order valence-electron chi connectivity index (χ2n) is 3.54. The van der Waals surface area contributed by atoms with Gasteiger partial charge in [-0.1, -0.05) is 30.3 Å². The molecule has 1 aromatic rings. The normalized spacial score (nSPS) is 23.8. The van der Waals surface area contributed by atoms with Crippen molar-refractivity contribution in [3.63, 3.8) is 0 Å². The Bertz CT molecular complexity index is 224. The summed E-state index contributed by atoms with van der Waals surface area (Å²) >= 11 is 0. The first kappa shape index (κ1) is 7.81. The molecule has 1 saturated heterocycles. The predicted octanol–water partition coefficient (Wildman–Crippen LogP) is 1.47. The lowest BCUT2D eigenvalue weighted by atomic mass is 9.98. The van der Waals surface area contributed by atoms with Gasteiger partial charge in [0, 0.05) is 12.0 Å². The van der Waals surface area contributed by atoms with Gasteiger partial charge >= 0.3 is 0 Å². The van der Waals surface area contributed by atoms with E-state index in [0.29, 0.717) is 0 Å². The van der Waals surface area contributed by atoms with E-state index in [1.54, 1.807) is 0 Å². The monoisotopic (exact) mass is 162 g/mol. The SMILES string of the molecule is c1ccc([C@@H]2CCCC[NH2+]2)cc1. The highest BCUT2D eigenvalue weighted by Gasteiger charge is 2.17. The molecule has 1 heterocycles. The van der Waals surface area contributed by atoms with E-state index in [2.05, 4.69) is 35.6 Å². The number of nitrogens with two attached hydrogens (primary N) is 1. The Morgan fingerprint density at radius 2 is 1.92 bits per heavy atom.